The second-order valence-electron chi connectivity index (χ2n) is 5.68. The van der Waals surface area contributed by atoms with E-state index >= 15 is 0 Å². The van der Waals surface area contributed by atoms with Crippen LogP contribution >= 0.6 is 0 Å². The van der Waals surface area contributed by atoms with Crippen LogP contribution in [0.5, 0.6) is 5.75 Å². The van der Waals surface area contributed by atoms with E-state index in [1.807, 2.05) is 24.3 Å². The van der Waals surface area contributed by atoms with Gasteiger partial charge in [0.25, 0.3) is 0 Å². The van der Waals surface area contributed by atoms with Crippen molar-refractivity contribution in [1.29, 1.82) is 0 Å². The van der Waals surface area contributed by atoms with Crippen LogP contribution < -0.4 is 10.5 Å². The van der Waals surface area contributed by atoms with Crippen molar-refractivity contribution < 1.29 is 4.74 Å². The summed E-state index contributed by atoms with van der Waals surface area (Å²) in [6.07, 6.45) is 1.81. The summed E-state index contributed by atoms with van der Waals surface area (Å²) >= 11 is 0. The first-order valence-corrected chi connectivity index (χ1v) is 8.15. The van der Waals surface area contributed by atoms with Crippen LogP contribution in [0.1, 0.15) is 24.7 Å². The van der Waals surface area contributed by atoms with E-state index in [0.29, 0.717) is 6.54 Å². The van der Waals surface area contributed by atoms with Gasteiger partial charge in [0.1, 0.15) is 11.4 Å². The molecule has 120 valence electrons. The van der Waals surface area contributed by atoms with Crippen molar-refractivity contribution in [3.8, 4) is 17.0 Å². The molecule has 4 nitrogen and oxygen atoms in total. The molecule has 0 spiro atoms. The zero-order valence-corrected chi connectivity index (χ0v) is 13.7. The van der Waals surface area contributed by atoms with Gasteiger partial charge in [0.05, 0.1) is 18.0 Å². The second kappa shape index (κ2) is 6.84. The standard InChI is InChI=1S/C19H23N3O/c1-3-13-23-16-9-7-15(8-10-16)19-17(11-12-20)22-14(2)5-4-6-18(22)21-19/h4-10H,3,11-13,20H2,1-2H3. The van der Waals surface area contributed by atoms with E-state index in [2.05, 4.69) is 36.4 Å². The molecule has 0 aliphatic heterocycles. The van der Waals surface area contributed by atoms with Gasteiger partial charge < -0.3 is 14.9 Å². The summed E-state index contributed by atoms with van der Waals surface area (Å²) in [5.41, 5.74) is 11.2. The van der Waals surface area contributed by atoms with Crippen molar-refractivity contribution >= 4 is 5.65 Å². The van der Waals surface area contributed by atoms with Crippen molar-refractivity contribution in [3.05, 3.63) is 53.9 Å². The van der Waals surface area contributed by atoms with Gasteiger partial charge in [0, 0.05) is 17.7 Å². The smallest absolute Gasteiger partial charge is 0.137 e. The predicted octanol–water partition coefficient (Wildman–Crippen LogP) is 3.60. The molecule has 0 unspecified atom stereocenters. The lowest BCUT2D eigenvalue weighted by Crippen LogP contribution is -2.07. The maximum Gasteiger partial charge on any atom is 0.137 e. The summed E-state index contributed by atoms with van der Waals surface area (Å²) < 4.78 is 7.85. The molecule has 0 radical (unpaired) electrons. The van der Waals surface area contributed by atoms with Gasteiger partial charge in [0.15, 0.2) is 0 Å². The molecule has 0 atom stereocenters. The van der Waals surface area contributed by atoms with Crippen LogP contribution in [0.15, 0.2) is 42.5 Å². The maximum absolute atomic E-state index is 5.83. The summed E-state index contributed by atoms with van der Waals surface area (Å²) in [6, 6.07) is 14.3. The van der Waals surface area contributed by atoms with Crippen LogP contribution in [0.2, 0.25) is 0 Å². The van der Waals surface area contributed by atoms with Crippen molar-refractivity contribution in [2.45, 2.75) is 26.7 Å². The first kappa shape index (κ1) is 15.6. The summed E-state index contributed by atoms with van der Waals surface area (Å²) in [5.74, 6) is 0.899. The molecule has 0 aliphatic rings. The molecule has 23 heavy (non-hydrogen) atoms. The third-order valence-corrected chi connectivity index (χ3v) is 3.92. The van der Waals surface area contributed by atoms with Crippen LogP contribution in [0, 0.1) is 6.92 Å². The number of aryl methyl sites for hydroxylation is 1. The molecule has 2 aromatic heterocycles. The minimum Gasteiger partial charge on any atom is -0.494 e. The molecular weight excluding hydrogens is 286 g/mol. The molecule has 3 aromatic rings. The normalized spacial score (nSPS) is 11.1. The fraction of sp³-hybridized carbons (Fsp3) is 0.316. The Bertz CT molecular complexity index is 790. The Morgan fingerprint density at radius 3 is 2.61 bits per heavy atom. The number of imidazole rings is 1. The summed E-state index contributed by atoms with van der Waals surface area (Å²) in [7, 11) is 0. The Morgan fingerprint density at radius 2 is 1.91 bits per heavy atom. The van der Waals surface area contributed by atoms with Crippen molar-refractivity contribution in [2.24, 2.45) is 5.73 Å². The number of benzene rings is 1. The van der Waals surface area contributed by atoms with E-state index in [1.54, 1.807) is 0 Å². The number of nitrogens with two attached hydrogens (primary N) is 1. The highest BCUT2D eigenvalue weighted by Gasteiger charge is 2.14. The summed E-state index contributed by atoms with van der Waals surface area (Å²) in [5, 5.41) is 0. The molecule has 2 heterocycles. The second-order valence-corrected chi connectivity index (χ2v) is 5.68. The minimum atomic E-state index is 0.604. The number of hydrogen-bond acceptors (Lipinski definition) is 3. The number of fused-ring (bicyclic) bond motifs is 1. The van der Waals surface area contributed by atoms with Crippen LogP contribution in [-0.2, 0) is 6.42 Å². The predicted molar refractivity (Wildman–Crippen MR) is 93.9 cm³/mol. The highest BCUT2D eigenvalue weighted by molar-refractivity contribution is 5.67. The largest absolute Gasteiger partial charge is 0.494 e. The van der Waals surface area contributed by atoms with Gasteiger partial charge in [-0.3, -0.25) is 0 Å². The number of aromatic nitrogens is 2. The van der Waals surface area contributed by atoms with Crippen molar-refractivity contribution in [2.75, 3.05) is 13.2 Å². The van der Waals surface area contributed by atoms with E-state index in [4.69, 9.17) is 15.5 Å². The average Bonchev–Trinajstić information content (AvgIpc) is 2.94. The van der Waals surface area contributed by atoms with Gasteiger partial charge in [-0.2, -0.15) is 0 Å². The zero-order chi connectivity index (χ0) is 16.2. The molecule has 2 N–H and O–H groups in total. The Hall–Kier alpha value is -2.33. The number of hydrogen-bond donors (Lipinski definition) is 1. The number of rotatable bonds is 6. The molecule has 0 amide bonds. The highest BCUT2D eigenvalue weighted by Crippen LogP contribution is 2.27. The molecule has 4 heteroatoms. The SMILES string of the molecule is CCCOc1ccc(-c2nc3cccc(C)n3c2CCN)cc1. The lowest BCUT2D eigenvalue weighted by atomic mass is 10.1. The monoisotopic (exact) mass is 309 g/mol. The zero-order valence-electron chi connectivity index (χ0n) is 13.7. The van der Waals surface area contributed by atoms with Gasteiger partial charge in [0.2, 0.25) is 0 Å². The maximum atomic E-state index is 5.83. The van der Waals surface area contributed by atoms with Gasteiger partial charge in [-0.15, -0.1) is 0 Å². The Balaban J connectivity index is 2.04. The van der Waals surface area contributed by atoms with E-state index < -0.39 is 0 Å². The first-order chi connectivity index (χ1) is 11.2. The molecule has 0 fully saturated rings. The van der Waals surface area contributed by atoms with Crippen molar-refractivity contribution in [3.63, 3.8) is 0 Å². The quantitative estimate of drug-likeness (QED) is 0.757. The van der Waals surface area contributed by atoms with Crippen LogP contribution in [-0.4, -0.2) is 22.5 Å². The first-order valence-electron chi connectivity index (χ1n) is 8.15. The number of nitrogens with zero attached hydrogens (tertiary/aromatic N) is 2. The lowest BCUT2D eigenvalue weighted by molar-refractivity contribution is 0.317. The summed E-state index contributed by atoms with van der Waals surface area (Å²) in [6.45, 7) is 5.55. The third-order valence-electron chi connectivity index (χ3n) is 3.92. The van der Waals surface area contributed by atoms with E-state index in [9.17, 15) is 0 Å². The third kappa shape index (κ3) is 3.08. The molecular formula is C19H23N3O. The van der Waals surface area contributed by atoms with Gasteiger partial charge in [-0.25, -0.2) is 4.98 Å². The van der Waals surface area contributed by atoms with E-state index in [0.717, 1.165) is 42.1 Å². The van der Waals surface area contributed by atoms with Gasteiger partial charge in [-0.05, 0) is 56.3 Å². The van der Waals surface area contributed by atoms with Crippen LogP contribution in [0.3, 0.4) is 0 Å². The minimum absolute atomic E-state index is 0.604. The summed E-state index contributed by atoms with van der Waals surface area (Å²) in [4.78, 5) is 4.82. The van der Waals surface area contributed by atoms with Crippen LogP contribution in [0.25, 0.3) is 16.9 Å². The fourth-order valence-corrected chi connectivity index (χ4v) is 2.85. The lowest BCUT2D eigenvalue weighted by Gasteiger charge is -2.08. The van der Waals surface area contributed by atoms with E-state index in [-0.39, 0.29) is 0 Å². The van der Waals surface area contributed by atoms with Crippen molar-refractivity contribution in [1.82, 2.24) is 9.38 Å². The fourth-order valence-electron chi connectivity index (χ4n) is 2.85. The Labute approximate surface area is 136 Å². The molecule has 0 saturated carbocycles. The molecule has 0 saturated heterocycles. The average molecular weight is 309 g/mol. The highest BCUT2D eigenvalue weighted by atomic mass is 16.5. The van der Waals surface area contributed by atoms with Gasteiger partial charge in [-0.1, -0.05) is 13.0 Å². The van der Waals surface area contributed by atoms with E-state index in [1.165, 1.54) is 11.4 Å². The van der Waals surface area contributed by atoms with Gasteiger partial charge >= 0.3 is 0 Å². The molecule has 1 aromatic carbocycles. The van der Waals surface area contributed by atoms with Crippen LogP contribution in [0.4, 0.5) is 0 Å². The molecule has 0 aliphatic carbocycles. The number of ether oxygens (including phenoxy) is 1. The molecule has 3 rings (SSSR count). The Kier molecular flexibility index (Phi) is 4.63. The number of pyridine rings is 1. The topological polar surface area (TPSA) is 52.5 Å². The molecule has 0 bridgehead atoms. The Morgan fingerprint density at radius 1 is 1.13 bits per heavy atom.